The Morgan fingerprint density at radius 1 is 0.667 bits per heavy atom. The van der Waals surface area contributed by atoms with Gasteiger partial charge in [-0.25, -0.2) is 0 Å². The Balaban J connectivity index is 5.28. The molecule has 0 fully saturated rings. The molecule has 0 saturated carbocycles. The molecular formula is C26H48O4-2. The van der Waals surface area contributed by atoms with Crippen LogP contribution in [0.15, 0.2) is 0 Å². The molecule has 0 aromatic rings. The second kappa shape index (κ2) is 17.6. The van der Waals surface area contributed by atoms with Crippen molar-refractivity contribution < 1.29 is 19.8 Å². The average molecular weight is 425 g/mol. The molecular weight excluding hydrogens is 376 g/mol. The van der Waals surface area contributed by atoms with Gasteiger partial charge in [-0.2, -0.15) is 0 Å². The van der Waals surface area contributed by atoms with Gasteiger partial charge in [-0.1, -0.05) is 105 Å². The predicted molar refractivity (Wildman–Crippen MR) is 121 cm³/mol. The molecule has 2 atom stereocenters. The number of aliphatic carboxylic acids is 2. The fraction of sp³-hybridized carbons (Fsp3) is 0.923. The summed E-state index contributed by atoms with van der Waals surface area (Å²) < 4.78 is 0. The molecule has 0 aromatic heterocycles. The summed E-state index contributed by atoms with van der Waals surface area (Å²) in [4.78, 5) is 23.3. The van der Waals surface area contributed by atoms with Gasteiger partial charge in [-0.3, -0.25) is 0 Å². The van der Waals surface area contributed by atoms with Crippen LogP contribution in [0.5, 0.6) is 0 Å². The monoisotopic (exact) mass is 424 g/mol. The highest BCUT2D eigenvalue weighted by molar-refractivity contribution is 5.73. The number of carboxylic acid groups (broad SMARTS) is 2. The Bertz CT molecular complexity index is 428. The molecule has 0 N–H and O–H groups in total. The van der Waals surface area contributed by atoms with Crippen molar-refractivity contribution in [3.63, 3.8) is 0 Å². The highest BCUT2D eigenvalue weighted by Gasteiger charge is 2.43. The highest BCUT2D eigenvalue weighted by atomic mass is 16.4. The van der Waals surface area contributed by atoms with Gasteiger partial charge >= 0.3 is 0 Å². The molecule has 0 aliphatic carbocycles. The van der Waals surface area contributed by atoms with Gasteiger partial charge in [0.2, 0.25) is 0 Å². The topological polar surface area (TPSA) is 80.3 Å². The lowest BCUT2D eigenvalue weighted by Crippen LogP contribution is -2.52. The van der Waals surface area contributed by atoms with Crippen molar-refractivity contribution in [3.8, 4) is 0 Å². The van der Waals surface area contributed by atoms with Gasteiger partial charge < -0.3 is 19.8 Å². The molecule has 30 heavy (non-hydrogen) atoms. The first-order valence-electron chi connectivity index (χ1n) is 12.8. The maximum absolute atomic E-state index is 12.7. The molecule has 0 aliphatic rings. The smallest absolute Gasteiger partial charge is 0.0481 e. The standard InChI is InChI=1S/C26H50O4/c1-5-9-14-18-22(7-3)26(25(29)30,23(8-4)19-15-10-6-2)21-17-13-11-12-16-20-24(27)28/h22-23H,5-21H2,1-4H3,(H,27,28)(H,29,30)/p-2. The molecule has 0 saturated heterocycles. The van der Waals surface area contributed by atoms with Crippen molar-refractivity contribution >= 4 is 11.9 Å². The van der Waals surface area contributed by atoms with Crippen LogP contribution < -0.4 is 10.2 Å². The number of hydrogen-bond donors (Lipinski definition) is 0. The van der Waals surface area contributed by atoms with E-state index in [1.807, 2.05) is 0 Å². The van der Waals surface area contributed by atoms with Crippen LogP contribution >= 0.6 is 0 Å². The zero-order valence-electron chi connectivity index (χ0n) is 20.3. The van der Waals surface area contributed by atoms with E-state index >= 15 is 0 Å². The van der Waals surface area contributed by atoms with Gasteiger partial charge in [0.15, 0.2) is 0 Å². The van der Waals surface area contributed by atoms with Gasteiger partial charge in [0.25, 0.3) is 0 Å². The van der Waals surface area contributed by atoms with Gasteiger partial charge in [-0.05, 0) is 43.9 Å². The van der Waals surface area contributed by atoms with Crippen LogP contribution in [-0.2, 0) is 9.59 Å². The van der Waals surface area contributed by atoms with Crippen molar-refractivity contribution in [3.05, 3.63) is 0 Å². The Labute approximate surface area is 186 Å². The highest BCUT2D eigenvalue weighted by Crippen LogP contribution is 2.48. The predicted octanol–water partition coefficient (Wildman–Crippen LogP) is 5.42. The minimum absolute atomic E-state index is 0.119. The largest absolute Gasteiger partial charge is 0.550 e. The van der Waals surface area contributed by atoms with Crippen molar-refractivity contribution in [2.24, 2.45) is 17.3 Å². The average Bonchev–Trinajstić information content (AvgIpc) is 2.71. The first-order valence-corrected chi connectivity index (χ1v) is 12.8. The van der Waals surface area contributed by atoms with E-state index in [1.54, 1.807) is 0 Å². The fourth-order valence-corrected chi connectivity index (χ4v) is 5.33. The third-order valence-corrected chi connectivity index (χ3v) is 7.11. The second-order valence-electron chi connectivity index (χ2n) is 9.17. The van der Waals surface area contributed by atoms with E-state index in [0.717, 1.165) is 89.9 Å². The molecule has 0 bridgehead atoms. The maximum Gasteiger partial charge on any atom is 0.0481 e. The summed E-state index contributed by atoms with van der Waals surface area (Å²) in [6.07, 6.45) is 15.7. The van der Waals surface area contributed by atoms with Gasteiger partial charge in [0.1, 0.15) is 0 Å². The van der Waals surface area contributed by atoms with Crippen LogP contribution in [0, 0.1) is 17.3 Å². The molecule has 0 aromatic carbocycles. The minimum atomic E-state index is -0.985. The SMILES string of the molecule is CCCCCC(CC)C(CCCCCCCC(=O)[O-])(C(=O)[O-])C(CC)CCCCC. The van der Waals surface area contributed by atoms with Crippen LogP contribution in [-0.4, -0.2) is 11.9 Å². The summed E-state index contributed by atoms with van der Waals surface area (Å²) >= 11 is 0. The molecule has 0 aliphatic heterocycles. The van der Waals surface area contributed by atoms with Crippen LogP contribution in [0.4, 0.5) is 0 Å². The summed E-state index contributed by atoms with van der Waals surface area (Å²) in [5.41, 5.74) is -0.726. The summed E-state index contributed by atoms with van der Waals surface area (Å²) in [5.74, 6) is -1.45. The van der Waals surface area contributed by atoms with E-state index < -0.39 is 17.4 Å². The van der Waals surface area contributed by atoms with E-state index in [2.05, 4.69) is 27.7 Å². The summed E-state index contributed by atoms with van der Waals surface area (Å²) in [7, 11) is 0. The Hall–Kier alpha value is -1.06. The molecule has 0 spiro atoms. The second-order valence-corrected chi connectivity index (χ2v) is 9.17. The first-order chi connectivity index (χ1) is 14.4. The van der Waals surface area contributed by atoms with E-state index in [1.165, 1.54) is 0 Å². The Morgan fingerprint density at radius 2 is 1.13 bits per heavy atom. The fourth-order valence-electron chi connectivity index (χ4n) is 5.33. The molecule has 0 rings (SSSR count). The molecule has 0 amide bonds. The lowest BCUT2D eigenvalue weighted by atomic mass is 9.59. The first kappa shape index (κ1) is 28.9. The number of carboxylic acids is 2. The lowest BCUT2D eigenvalue weighted by Gasteiger charge is -2.48. The molecule has 4 nitrogen and oxygen atoms in total. The van der Waals surface area contributed by atoms with Crippen molar-refractivity contribution in [2.45, 2.75) is 137 Å². The van der Waals surface area contributed by atoms with Crippen LogP contribution in [0.1, 0.15) is 137 Å². The molecule has 4 heteroatoms. The molecule has 0 heterocycles. The summed E-state index contributed by atoms with van der Waals surface area (Å²) in [5, 5.41) is 23.3. The van der Waals surface area contributed by atoms with Crippen molar-refractivity contribution in [1.82, 2.24) is 0 Å². The van der Waals surface area contributed by atoms with Crippen LogP contribution in [0.25, 0.3) is 0 Å². The number of rotatable bonds is 21. The number of carbonyl (C=O) groups excluding carboxylic acids is 2. The van der Waals surface area contributed by atoms with E-state index in [4.69, 9.17) is 0 Å². The third-order valence-electron chi connectivity index (χ3n) is 7.11. The summed E-state index contributed by atoms with van der Waals surface area (Å²) in [6, 6.07) is 0. The van der Waals surface area contributed by atoms with Crippen molar-refractivity contribution in [2.75, 3.05) is 0 Å². The lowest BCUT2D eigenvalue weighted by molar-refractivity contribution is -0.327. The van der Waals surface area contributed by atoms with E-state index in [9.17, 15) is 19.8 Å². The Morgan fingerprint density at radius 3 is 1.53 bits per heavy atom. The van der Waals surface area contributed by atoms with E-state index in [-0.39, 0.29) is 18.3 Å². The third kappa shape index (κ3) is 10.3. The Kier molecular flexibility index (Phi) is 17.0. The van der Waals surface area contributed by atoms with Crippen LogP contribution in [0.2, 0.25) is 0 Å². The van der Waals surface area contributed by atoms with Gasteiger partial charge in [0.05, 0.1) is 0 Å². The number of unbranched alkanes of at least 4 members (excludes halogenated alkanes) is 8. The molecule has 178 valence electrons. The minimum Gasteiger partial charge on any atom is -0.550 e. The number of hydrogen-bond acceptors (Lipinski definition) is 4. The van der Waals surface area contributed by atoms with Gasteiger partial charge in [0, 0.05) is 17.4 Å². The normalized spacial score (nSPS) is 15.5. The van der Waals surface area contributed by atoms with Crippen molar-refractivity contribution in [1.29, 1.82) is 0 Å². The zero-order valence-corrected chi connectivity index (χ0v) is 20.3. The van der Waals surface area contributed by atoms with Crippen LogP contribution in [0.3, 0.4) is 0 Å². The molecule has 2 unspecified atom stereocenters. The zero-order chi connectivity index (χ0) is 22.8. The van der Waals surface area contributed by atoms with E-state index in [0.29, 0.717) is 12.8 Å². The quantitative estimate of drug-likeness (QED) is 0.231. The maximum atomic E-state index is 12.7. The molecule has 0 radical (unpaired) electrons. The van der Waals surface area contributed by atoms with Gasteiger partial charge in [-0.15, -0.1) is 0 Å². The number of carbonyl (C=O) groups is 2. The summed E-state index contributed by atoms with van der Waals surface area (Å²) in [6.45, 7) is 8.67.